The molecule has 5 aromatic rings. The van der Waals surface area contributed by atoms with Crippen molar-refractivity contribution in [1.29, 1.82) is 0 Å². The summed E-state index contributed by atoms with van der Waals surface area (Å²) in [5.74, 6) is 1.87. The van der Waals surface area contributed by atoms with E-state index in [0.717, 1.165) is 22.9 Å². The van der Waals surface area contributed by atoms with Gasteiger partial charge in [0.05, 0.1) is 0 Å². The number of rotatable bonds is 2. The first-order chi connectivity index (χ1) is 19.3. The zero-order valence-electron chi connectivity index (χ0n) is 24.0. The molecule has 1 aromatic heterocycles. The number of benzene rings is 4. The Bertz CT molecular complexity index is 1900. The predicted molar refractivity (Wildman–Crippen MR) is 170 cm³/mol. The number of amidine groups is 1. The molecule has 0 bridgehead atoms. The summed E-state index contributed by atoms with van der Waals surface area (Å²) in [4.78, 5) is 7.25. The fourth-order valence-corrected chi connectivity index (χ4v) is 6.79. The number of hydrogen-bond acceptors (Lipinski definition) is 2. The Morgan fingerprint density at radius 3 is 1.88 bits per heavy atom. The van der Waals surface area contributed by atoms with Crippen molar-refractivity contribution in [3.63, 3.8) is 0 Å². The van der Waals surface area contributed by atoms with Crippen molar-refractivity contribution >= 4 is 41.9 Å². The molecule has 0 unspecified atom stereocenters. The lowest BCUT2D eigenvalue weighted by Crippen LogP contribution is -2.57. The number of aliphatic imine (C=N–C) groups is 1. The summed E-state index contributed by atoms with van der Waals surface area (Å²) < 4.78 is 2.21. The third kappa shape index (κ3) is 3.90. The number of hydrogen-bond donors (Lipinski definition) is 0. The van der Waals surface area contributed by atoms with E-state index in [1.165, 1.54) is 66.6 Å². The summed E-state index contributed by atoms with van der Waals surface area (Å²) >= 11 is 0. The van der Waals surface area contributed by atoms with Crippen LogP contribution >= 0.6 is 0 Å². The summed E-state index contributed by atoms with van der Waals surface area (Å²) in [6.45, 7) is 13.2. The minimum absolute atomic E-state index is 0.935. The molecule has 0 N–H and O–H groups in total. The highest BCUT2D eigenvalue weighted by atomic mass is 15.3. The van der Waals surface area contributed by atoms with E-state index in [2.05, 4.69) is 143 Å². The maximum absolute atomic E-state index is 5.04. The third-order valence-corrected chi connectivity index (χ3v) is 8.28. The SMILES string of the molecule is Cc1cc(C)c(-c2ccc3c(c2)C=CC2=Nc4ccc5cc(-c6c(C)cc(C)cc6C)ccc5[n+]4[B]N23)c(C)c1. The van der Waals surface area contributed by atoms with Gasteiger partial charge in [0.15, 0.2) is 0 Å². The fraction of sp³-hybridized carbons (Fsp3) is 0.167. The number of nitrogens with zero attached hydrogens (tertiary/aromatic N) is 3. The van der Waals surface area contributed by atoms with Gasteiger partial charge in [-0.05, 0) is 133 Å². The predicted octanol–water partition coefficient (Wildman–Crippen LogP) is 8.27. The first-order valence-electron chi connectivity index (χ1n) is 14.0. The van der Waals surface area contributed by atoms with Gasteiger partial charge in [0, 0.05) is 23.2 Å². The molecule has 0 amide bonds. The van der Waals surface area contributed by atoms with Crippen LogP contribution in [0.2, 0.25) is 0 Å². The molecule has 4 heteroatoms. The Labute approximate surface area is 237 Å². The highest BCUT2D eigenvalue weighted by molar-refractivity contribution is 6.46. The lowest BCUT2D eigenvalue weighted by Gasteiger charge is -2.27. The molecular formula is C36H32BN3+. The first-order valence-corrected chi connectivity index (χ1v) is 14.0. The number of aromatic nitrogens is 1. The average Bonchev–Trinajstić information content (AvgIpc) is 2.90. The molecule has 3 nitrogen and oxygen atoms in total. The molecule has 3 heterocycles. The van der Waals surface area contributed by atoms with E-state index in [9.17, 15) is 0 Å². The van der Waals surface area contributed by atoms with E-state index in [-0.39, 0.29) is 0 Å². The van der Waals surface area contributed by atoms with Gasteiger partial charge in [0.25, 0.3) is 0 Å². The van der Waals surface area contributed by atoms with Crippen LogP contribution in [0.5, 0.6) is 0 Å². The molecule has 0 saturated heterocycles. The molecular weight excluding hydrogens is 485 g/mol. The van der Waals surface area contributed by atoms with E-state index < -0.39 is 0 Å². The van der Waals surface area contributed by atoms with Crippen molar-refractivity contribution in [2.75, 3.05) is 4.81 Å². The molecule has 4 aromatic carbocycles. The van der Waals surface area contributed by atoms with Crippen LogP contribution in [-0.2, 0) is 0 Å². The Morgan fingerprint density at radius 2 is 1.23 bits per heavy atom. The van der Waals surface area contributed by atoms with Crippen LogP contribution < -0.4 is 9.29 Å². The minimum Gasteiger partial charge on any atom is -0.308 e. The summed E-state index contributed by atoms with van der Waals surface area (Å²) in [5.41, 5.74) is 16.5. The van der Waals surface area contributed by atoms with Crippen LogP contribution in [0, 0.1) is 41.5 Å². The minimum atomic E-state index is 0.935. The van der Waals surface area contributed by atoms with Gasteiger partial charge >= 0.3 is 13.4 Å². The van der Waals surface area contributed by atoms with Gasteiger partial charge in [-0.25, -0.2) is 0 Å². The van der Waals surface area contributed by atoms with E-state index >= 15 is 0 Å². The Hall–Kier alpha value is -4.44. The number of aryl methyl sites for hydroxylation is 6. The van der Waals surface area contributed by atoms with Crippen LogP contribution in [0.3, 0.4) is 0 Å². The van der Waals surface area contributed by atoms with Crippen molar-refractivity contribution in [1.82, 2.24) is 0 Å². The molecule has 2 aliphatic rings. The maximum Gasteiger partial charge on any atom is 0.555 e. The summed E-state index contributed by atoms with van der Waals surface area (Å²) in [6, 6.07) is 27.0. The van der Waals surface area contributed by atoms with Gasteiger partial charge in [-0.15, -0.1) is 0 Å². The molecule has 193 valence electrons. The first kappa shape index (κ1) is 24.6. The van der Waals surface area contributed by atoms with Crippen molar-refractivity contribution in [3.8, 4) is 22.3 Å². The maximum atomic E-state index is 5.04. The van der Waals surface area contributed by atoms with Crippen LogP contribution in [0.4, 0.5) is 11.5 Å². The molecule has 0 atom stereocenters. The Morgan fingerprint density at radius 1 is 0.625 bits per heavy atom. The van der Waals surface area contributed by atoms with Crippen molar-refractivity contribution in [3.05, 3.63) is 118 Å². The van der Waals surface area contributed by atoms with Gasteiger partial charge in [-0.2, -0.15) is 0 Å². The van der Waals surface area contributed by atoms with Crippen LogP contribution in [0.25, 0.3) is 39.2 Å². The van der Waals surface area contributed by atoms with E-state index in [1.807, 2.05) is 0 Å². The van der Waals surface area contributed by atoms with E-state index in [0.29, 0.717) is 0 Å². The monoisotopic (exact) mass is 517 g/mol. The molecule has 0 spiro atoms. The lowest BCUT2D eigenvalue weighted by atomic mass is 9.89. The zero-order chi connectivity index (χ0) is 27.7. The number of fused-ring (bicyclic) bond motifs is 6. The zero-order valence-corrected chi connectivity index (χ0v) is 24.0. The second kappa shape index (κ2) is 9.06. The Balaban J connectivity index is 1.29. The topological polar surface area (TPSA) is 19.5 Å². The van der Waals surface area contributed by atoms with Crippen molar-refractivity contribution < 1.29 is 4.48 Å². The molecule has 2 aliphatic heterocycles. The fourth-order valence-electron chi connectivity index (χ4n) is 6.79. The summed E-state index contributed by atoms with van der Waals surface area (Å²) in [7, 11) is 2.19. The second-order valence-corrected chi connectivity index (χ2v) is 11.4. The number of pyridine rings is 1. The number of anilines is 1. The molecule has 40 heavy (non-hydrogen) atoms. The van der Waals surface area contributed by atoms with Crippen LogP contribution in [0.15, 0.2) is 83.9 Å². The van der Waals surface area contributed by atoms with Gasteiger partial charge < -0.3 is 4.81 Å². The molecule has 1 radical (unpaired) electrons. The van der Waals surface area contributed by atoms with Crippen molar-refractivity contribution in [2.24, 2.45) is 4.99 Å². The molecule has 0 aliphatic carbocycles. The van der Waals surface area contributed by atoms with Gasteiger partial charge in [-0.3, -0.25) is 4.48 Å². The van der Waals surface area contributed by atoms with Crippen molar-refractivity contribution in [2.45, 2.75) is 41.5 Å². The largest absolute Gasteiger partial charge is 0.555 e. The van der Waals surface area contributed by atoms with Crippen LogP contribution in [-0.4, -0.2) is 13.4 Å². The van der Waals surface area contributed by atoms with Crippen LogP contribution in [0.1, 0.15) is 38.9 Å². The average molecular weight is 517 g/mol. The molecule has 0 fully saturated rings. The highest BCUT2D eigenvalue weighted by Crippen LogP contribution is 2.36. The van der Waals surface area contributed by atoms with Gasteiger partial charge in [0.2, 0.25) is 5.84 Å². The summed E-state index contributed by atoms with van der Waals surface area (Å²) in [6.07, 6.45) is 4.31. The standard InChI is InChI=1S/C36H32BN3/c1-21-15-23(3)35(24(4)16-21)29-7-11-31-27(19-29)9-13-33-38-34-14-10-28-20-30(8-12-32(28)40(34)37-39(31)33)36-25(5)17-22(2)18-26(36)6/h7-20H,1-6H3/q+1. The smallest absolute Gasteiger partial charge is 0.308 e. The highest BCUT2D eigenvalue weighted by Gasteiger charge is 2.34. The summed E-state index contributed by atoms with van der Waals surface area (Å²) in [5, 5.41) is 1.20. The van der Waals surface area contributed by atoms with E-state index in [1.54, 1.807) is 0 Å². The van der Waals surface area contributed by atoms with Gasteiger partial charge in [-0.1, -0.05) is 47.5 Å². The second-order valence-electron chi connectivity index (χ2n) is 11.4. The molecule has 0 saturated carbocycles. The van der Waals surface area contributed by atoms with Gasteiger partial charge in [0.1, 0.15) is 5.52 Å². The molecule has 7 rings (SSSR count). The third-order valence-electron chi connectivity index (χ3n) is 8.28. The lowest BCUT2D eigenvalue weighted by molar-refractivity contribution is -0.485. The quantitative estimate of drug-likeness (QED) is 0.216. The normalized spacial score (nSPS) is 13.4. The van der Waals surface area contributed by atoms with E-state index in [4.69, 9.17) is 4.99 Å². The Kier molecular flexibility index (Phi) is 5.57.